The molecule has 1 fully saturated rings. The molecule has 0 unspecified atom stereocenters. The van der Waals surface area contributed by atoms with Crippen molar-refractivity contribution in [2.75, 3.05) is 13.1 Å². The summed E-state index contributed by atoms with van der Waals surface area (Å²) in [6, 6.07) is 1.59. The SMILES string of the molecule is CC(C)[C@H](C(=O)N1CCCC1)N1Cc2ccnc3c2C(=CC3)C1=O. The van der Waals surface area contributed by atoms with Gasteiger partial charge in [0.25, 0.3) is 5.91 Å². The maximum Gasteiger partial charge on any atom is 0.255 e. The third kappa shape index (κ3) is 2.26. The van der Waals surface area contributed by atoms with E-state index < -0.39 is 0 Å². The zero-order chi connectivity index (χ0) is 16.8. The minimum atomic E-state index is -0.387. The van der Waals surface area contributed by atoms with Crippen LogP contribution in [-0.4, -0.2) is 45.7 Å². The highest BCUT2D eigenvalue weighted by Gasteiger charge is 2.41. The number of allylic oxidation sites excluding steroid dienone is 1. The highest BCUT2D eigenvalue weighted by atomic mass is 16.2. The third-order valence-corrected chi connectivity index (χ3v) is 5.35. The molecule has 0 saturated carbocycles. The molecule has 24 heavy (non-hydrogen) atoms. The van der Waals surface area contributed by atoms with E-state index in [1.165, 1.54) is 0 Å². The summed E-state index contributed by atoms with van der Waals surface area (Å²) in [6.45, 7) is 6.20. The van der Waals surface area contributed by atoms with Crippen molar-refractivity contribution in [2.24, 2.45) is 5.92 Å². The Hall–Kier alpha value is -2.17. The molecular formula is C19H23N3O2. The van der Waals surface area contributed by atoms with Gasteiger partial charge in [-0.3, -0.25) is 14.6 Å². The van der Waals surface area contributed by atoms with E-state index in [1.807, 2.05) is 37.1 Å². The molecule has 4 rings (SSSR count). The second kappa shape index (κ2) is 5.72. The second-order valence-corrected chi connectivity index (χ2v) is 7.27. The van der Waals surface area contributed by atoms with Gasteiger partial charge < -0.3 is 9.80 Å². The monoisotopic (exact) mass is 325 g/mol. The van der Waals surface area contributed by atoms with Gasteiger partial charge in [0.1, 0.15) is 6.04 Å². The van der Waals surface area contributed by atoms with Crippen LogP contribution in [0.4, 0.5) is 0 Å². The lowest BCUT2D eigenvalue weighted by atomic mass is 9.92. The lowest BCUT2D eigenvalue weighted by molar-refractivity contribution is -0.145. The summed E-state index contributed by atoms with van der Waals surface area (Å²) >= 11 is 0. The summed E-state index contributed by atoms with van der Waals surface area (Å²) in [5.41, 5.74) is 3.85. The van der Waals surface area contributed by atoms with Crippen molar-refractivity contribution in [1.29, 1.82) is 0 Å². The maximum absolute atomic E-state index is 13.1. The number of hydrogen-bond donors (Lipinski definition) is 0. The van der Waals surface area contributed by atoms with Crippen LogP contribution in [0.15, 0.2) is 18.3 Å². The Bertz CT molecular complexity index is 732. The van der Waals surface area contributed by atoms with Crippen molar-refractivity contribution in [1.82, 2.24) is 14.8 Å². The minimum Gasteiger partial charge on any atom is -0.341 e. The predicted octanol–water partition coefficient (Wildman–Crippen LogP) is 2.01. The van der Waals surface area contributed by atoms with E-state index in [2.05, 4.69) is 4.98 Å². The number of hydrogen-bond acceptors (Lipinski definition) is 3. The van der Waals surface area contributed by atoms with Gasteiger partial charge in [-0.15, -0.1) is 0 Å². The van der Waals surface area contributed by atoms with E-state index >= 15 is 0 Å². The van der Waals surface area contributed by atoms with Crippen molar-refractivity contribution < 1.29 is 9.59 Å². The number of aromatic nitrogens is 1. The Morgan fingerprint density at radius 1 is 1.25 bits per heavy atom. The number of carbonyl (C=O) groups is 2. The molecule has 5 nitrogen and oxygen atoms in total. The Labute approximate surface area is 142 Å². The summed E-state index contributed by atoms with van der Waals surface area (Å²) in [7, 11) is 0. The molecule has 1 atom stereocenters. The quantitative estimate of drug-likeness (QED) is 0.854. The van der Waals surface area contributed by atoms with Crippen LogP contribution in [0.25, 0.3) is 5.57 Å². The first kappa shape index (κ1) is 15.4. The first-order chi connectivity index (χ1) is 11.6. The van der Waals surface area contributed by atoms with Gasteiger partial charge in [-0.05, 0) is 30.4 Å². The van der Waals surface area contributed by atoms with Crippen LogP contribution >= 0.6 is 0 Å². The van der Waals surface area contributed by atoms with Gasteiger partial charge in [0.2, 0.25) is 5.91 Å². The molecule has 2 aliphatic heterocycles. The second-order valence-electron chi connectivity index (χ2n) is 7.27. The van der Waals surface area contributed by atoms with Crippen molar-refractivity contribution in [2.45, 2.75) is 45.7 Å². The van der Waals surface area contributed by atoms with E-state index in [0.717, 1.165) is 48.3 Å². The number of pyridine rings is 1. The topological polar surface area (TPSA) is 53.5 Å². The summed E-state index contributed by atoms with van der Waals surface area (Å²) in [6.07, 6.45) is 6.62. The molecule has 1 aliphatic carbocycles. The van der Waals surface area contributed by atoms with E-state index in [-0.39, 0.29) is 23.8 Å². The van der Waals surface area contributed by atoms with Crippen molar-refractivity contribution >= 4 is 17.4 Å². The summed E-state index contributed by atoms with van der Waals surface area (Å²) in [5, 5.41) is 0. The van der Waals surface area contributed by atoms with Gasteiger partial charge in [0.15, 0.2) is 0 Å². The van der Waals surface area contributed by atoms with Crippen LogP contribution in [0, 0.1) is 5.92 Å². The lowest BCUT2D eigenvalue weighted by Gasteiger charge is -2.39. The minimum absolute atomic E-state index is 0.0134. The van der Waals surface area contributed by atoms with E-state index in [1.54, 1.807) is 4.90 Å². The molecular weight excluding hydrogens is 302 g/mol. The first-order valence-corrected chi connectivity index (χ1v) is 8.85. The molecule has 126 valence electrons. The van der Waals surface area contributed by atoms with E-state index in [4.69, 9.17) is 0 Å². The van der Waals surface area contributed by atoms with Crippen LogP contribution in [0.2, 0.25) is 0 Å². The van der Waals surface area contributed by atoms with Crippen molar-refractivity contribution in [3.8, 4) is 0 Å². The van der Waals surface area contributed by atoms with Crippen LogP contribution in [0.3, 0.4) is 0 Å². The van der Waals surface area contributed by atoms with Gasteiger partial charge in [-0.2, -0.15) is 0 Å². The number of rotatable bonds is 3. The van der Waals surface area contributed by atoms with Crippen molar-refractivity contribution in [3.63, 3.8) is 0 Å². The lowest BCUT2D eigenvalue weighted by Crippen LogP contribution is -2.53. The fourth-order valence-corrected chi connectivity index (χ4v) is 4.20. The van der Waals surface area contributed by atoms with Crippen molar-refractivity contribution in [3.05, 3.63) is 35.2 Å². The number of nitrogens with zero attached hydrogens (tertiary/aromatic N) is 3. The number of likely N-dealkylation sites (tertiary alicyclic amines) is 1. The van der Waals surface area contributed by atoms with E-state index in [0.29, 0.717) is 13.0 Å². The predicted molar refractivity (Wildman–Crippen MR) is 90.9 cm³/mol. The van der Waals surface area contributed by atoms with Gasteiger partial charge in [0, 0.05) is 43.4 Å². The standard InChI is InChI=1S/C19H23N3O2/c1-12(2)17(19(24)21-9-3-4-10-21)22-11-13-7-8-20-15-6-5-14(16(13)15)18(22)23/h5,7-8,12,17H,3-4,6,9-11H2,1-2H3/t17-/m1/s1. The molecule has 5 heteroatoms. The summed E-state index contributed by atoms with van der Waals surface area (Å²) < 4.78 is 0. The summed E-state index contributed by atoms with van der Waals surface area (Å²) in [4.78, 5) is 34.2. The molecule has 0 aromatic carbocycles. The van der Waals surface area contributed by atoms with Crippen LogP contribution in [-0.2, 0) is 22.6 Å². The Morgan fingerprint density at radius 2 is 2.00 bits per heavy atom. The third-order valence-electron chi connectivity index (χ3n) is 5.35. The van der Waals surface area contributed by atoms with Gasteiger partial charge in [-0.1, -0.05) is 19.9 Å². The van der Waals surface area contributed by atoms with Gasteiger partial charge in [-0.25, -0.2) is 0 Å². The Kier molecular flexibility index (Phi) is 3.66. The molecule has 3 aliphatic rings. The first-order valence-electron chi connectivity index (χ1n) is 8.85. The summed E-state index contributed by atoms with van der Waals surface area (Å²) in [5.74, 6) is 0.180. The highest BCUT2D eigenvalue weighted by Crippen LogP contribution is 2.37. The normalized spacial score (nSPS) is 20.5. The molecule has 1 aromatic rings. The highest BCUT2D eigenvalue weighted by molar-refractivity contribution is 6.23. The van der Waals surface area contributed by atoms with Crippen LogP contribution in [0.1, 0.15) is 43.5 Å². The Balaban J connectivity index is 1.70. The molecule has 0 N–H and O–H groups in total. The average Bonchev–Trinajstić information content (AvgIpc) is 3.22. The largest absolute Gasteiger partial charge is 0.341 e. The average molecular weight is 325 g/mol. The Morgan fingerprint density at radius 3 is 2.71 bits per heavy atom. The van der Waals surface area contributed by atoms with Gasteiger partial charge in [0.05, 0.1) is 5.69 Å². The van der Waals surface area contributed by atoms with Crippen LogP contribution < -0.4 is 0 Å². The number of amides is 2. The zero-order valence-corrected chi connectivity index (χ0v) is 14.3. The van der Waals surface area contributed by atoms with Crippen LogP contribution in [0.5, 0.6) is 0 Å². The van der Waals surface area contributed by atoms with E-state index in [9.17, 15) is 9.59 Å². The molecule has 0 radical (unpaired) electrons. The smallest absolute Gasteiger partial charge is 0.255 e. The fourth-order valence-electron chi connectivity index (χ4n) is 4.20. The fraction of sp³-hybridized carbons (Fsp3) is 0.526. The van der Waals surface area contributed by atoms with Gasteiger partial charge >= 0.3 is 0 Å². The number of carbonyl (C=O) groups excluding carboxylic acids is 2. The molecule has 0 spiro atoms. The molecule has 1 saturated heterocycles. The molecule has 3 heterocycles. The maximum atomic E-state index is 13.1. The molecule has 1 aromatic heterocycles. The molecule has 0 bridgehead atoms. The zero-order valence-electron chi connectivity index (χ0n) is 14.3. The molecule has 2 amide bonds.